The molecule has 3 rings (SSSR count). The van der Waals surface area contributed by atoms with E-state index in [-0.39, 0.29) is 29.4 Å². The van der Waals surface area contributed by atoms with Crippen molar-refractivity contribution in [3.8, 4) is 11.5 Å². The first kappa shape index (κ1) is 25.0. The van der Waals surface area contributed by atoms with Crippen molar-refractivity contribution in [3.05, 3.63) is 23.8 Å². The molecule has 2 aliphatic rings. The Labute approximate surface area is 197 Å². The van der Waals surface area contributed by atoms with E-state index in [1.54, 1.807) is 7.05 Å². The van der Waals surface area contributed by atoms with Gasteiger partial charge in [-0.15, -0.1) is 24.0 Å². The lowest BCUT2D eigenvalue weighted by atomic mass is 9.74. The minimum atomic E-state index is -0.0232. The molecule has 1 aromatic carbocycles. The minimum Gasteiger partial charge on any atom is -0.454 e. The second-order valence-corrected chi connectivity index (χ2v) is 8.11. The number of benzene rings is 1. The first-order valence-electron chi connectivity index (χ1n) is 10.6. The summed E-state index contributed by atoms with van der Waals surface area (Å²) in [5, 5.41) is 6.86. The van der Waals surface area contributed by atoms with Crippen LogP contribution in [0.1, 0.15) is 38.7 Å². The van der Waals surface area contributed by atoms with Crippen molar-refractivity contribution >= 4 is 29.9 Å². The van der Waals surface area contributed by atoms with E-state index >= 15 is 0 Å². The standard InChI is InChI=1S/C22H35N3O4.HI/c1-17(2)6-10-26-13-9-24-21(23-3)25-15-22(7-11-27-12-8-22)18-4-5-19-20(14-18)29-16-28-19;/h4-5,14,17H,6-13,15-16H2,1-3H3,(H2,23,24,25);1H. The van der Waals surface area contributed by atoms with Gasteiger partial charge in [0.2, 0.25) is 6.79 Å². The van der Waals surface area contributed by atoms with Crippen LogP contribution >= 0.6 is 24.0 Å². The molecule has 7 nitrogen and oxygen atoms in total. The van der Waals surface area contributed by atoms with Crippen molar-refractivity contribution in [2.24, 2.45) is 10.9 Å². The van der Waals surface area contributed by atoms with Gasteiger partial charge >= 0.3 is 0 Å². The Hall–Kier alpha value is -1.26. The minimum absolute atomic E-state index is 0. The van der Waals surface area contributed by atoms with E-state index in [1.165, 1.54) is 5.56 Å². The molecule has 1 aromatic rings. The second-order valence-electron chi connectivity index (χ2n) is 8.11. The summed E-state index contributed by atoms with van der Waals surface area (Å²) in [5.41, 5.74) is 1.23. The zero-order valence-corrected chi connectivity index (χ0v) is 20.7. The predicted octanol–water partition coefficient (Wildman–Crippen LogP) is 3.31. The molecule has 0 radical (unpaired) electrons. The van der Waals surface area contributed by atoms with Crippen LogP contribution < -0.4 is 20.1 Å². The van der Waals surface area contributed by atoms with Gasteiger partial charge < -0.3 is 29.6 Å². The number of hydrogen-bond donors (Lipinski definition) is 2. The zero-order valence-electron chi connectivity index (χ0n) is 18.4. The molecule has 0 amide bonds. The maximum atomic E-state index is 5.68. The van der Waals surface area contributed by atoms with Crippen molar-refractivity contribution in [1.29, 1.82) is 0 Å². The third-order valence-corrected chi connectivity index (χ3v) is 5.63. The number of nitrogens with zero attached hydrogens (tertiary/aromatic N) is 1. The second kappa shape index (κ2) is 12.6. The van der Waals surface area contributed by atoms with Gasteiger partial charge in [0, 0.05) is 45.4 Å². The molecule has 0 unspecified atom stereocenters. The largest absolute Gasteiger partial charge is 0.454 e. The quantitative estimate of drug-likeness (QED) is 0.220. The lowest BCUT2D eigenvalue weighted by molar-refractivity contribution is 0.0513. The highest BCUT2D eigenvalue weighted by Crippen LogP contribution is 2.40. The van der Waals surface area contributed by atoms with Gasteiger partial charge in [-0.25, -0.2) is 0 Å². The Kier molecular flexibility index (Phi) is 10.5. The third-order valence-electron chi connectivity index (χ3n) is 5.63. The van der Waals surface area contributed by atoms with Crippen LogP contribution in [0.15, 0.2) is 23.2 Å². The van der Waals surface area contributed by atoms with E-state index in [9.17, 15) is 0 Å². The van der Waals surface area contributed by atoms with Crippen molar-refractivity contribution in [3.63, 3.8) is 0 Å². The molecule has 2 heterocycles. The van der Waals surface area contributed by atoms with E-state index in [2.05, 4.69) is 41.6 Å². The Bertz CT molecular complexity index is 678. The summed E-state index contributed by atoms with van der Waals surface area (Å²) >= 11 is 0. The highest BCUT2D eigenvalue weighted by atomic mass is 127. The molecular weight excluding hydrogens is 497 g/mol. The van der Waals surface area contributed by atoms with Crippen molar-refractivity contribution in [1.82, 2.24) is 10.6 Å². The van der Waals surface area contributed by atoms with Gasteiger partial charge in [0.1, 0.15) is 0 Å². The Morgan fingerprint density at radius 1 is 1.13 bits per heavy atom. The number of nitrogens with one attached hydrogen (secondary N) is 2. The molecule has 0 saturated carbocycles. The van der Waals surface area contributed by atoms with Gasteiger partial charge in [0.15, 0.2) is 17.5 Å². The summed E-state index contributed by atoms with van der Waals surface area (Å²) in [6.45, 7) is 9.22. The Morgan fingerprint density at radius 2 is 1.90 bits per heavy atom. The normalized spacial score (nSPS) is 17.5. The number of aliphatic imine (C=N–C) groups is 1. The molecule has 170 valence electrons. The highest BCUT2D eigenvalue weighted by molar-refractivity contribution is 14.0. The highest BCUT2D eigenvalue weighted by Gasteiger charge is 2.35. The van der Waals surface area contributed by atoms with Crippen LogP contribution in [-0.4, -0.2) is 59.3 Å². The molecule has 2 aliphatic heterocycles. The third kappa shape index (κ3) is 6.88. The number of halogens is 1. The van der Waals surface area contributed by atoms with Crippen LogP contribution in [0.5, 0.6) is 11.5 Å². The number of guanidine groups is 1. The lowest BCUT2D eigenvalue weighted by Gasteiger charge is -2.38. The van der Waals surface area contributed by atoms with E-state index < -0.39 is 0 Å². The molecule has 8 heteroatoms. The average Bonchev–Trinajstić information content (AvgIpc) is 3.21. The van der Waals surface area contributed by atoms with Crippen LogP contribution in [0.2, 0.25) is 0 Å². The molecule has 0 atom stereocenters. The summed E-state index contributed by atoms with van der Waals surface area (Å²) in [6, 6.07) is 6.28. The molecule has 0 aliphatic carbocycles. The van der Waals surface area contributed by atoms with E-state index in [0.717, 1.165) is 69.6 Å². The molecule has 1 saturated heterocycles. The fourth-order valence-corrected chi connectivity index (χ4v) is 3.69. The Morgan fingerprint density at radius 3 is 2.63 bits per heavy atom. The van der Waals surface area contributed by atoms with E-state index in [4.69, 9.17) is 18.9 Å². The maximum absolute atomic E-state index is 5.68. The first-order chi connectivity index (χ1) is 14.1. The number of ether oxygens (including phenoxy) is 4. The molecule has 0 bridgehead atoms. The molecule has 0 spiro atoms. The van der Waals surface area contributed by atoms with Crippen molar-refractivity contribution in [2.75, 3.05) is 53.4 Å². The summed E-state index contributed by atoms with van der Waals surface area (Å²) in [5.74, 6) is 3.11. The lowest BCUT2D eigenvalue weighted by Crippen LogP contribution is -2.48. The first-order valence-corrected chi connectivity index (χ1v) is 10.6. The smallest absolute Gasteiger partial charge is 0.231 e. The predicted molar refractivity (Wildman–Crippen MR) is 129 cm³/mol. The molecule has 0 aromatic heterocycles. The van der Waals surface area contributed by atoms with Gasteiger partial charge in [0.05, 0.1) is 6.61 Å². The van der Waals surface area contributed by atoms with Gasteiger partial charge in [-0.05, 0) is 42.9 Å². The average molecular weight is 533 g/mol. The van der Waals surface area contributed by atoms with Crippen LogP contribution in [0, 0.1) is 5.92 Å². The Balaban J connectivity index is 0.00000320. The summed E-state index contributed by atoms with van der Waals surface area (Å²) in [6.07, 6.45) is 3.00. The molecule has 2 N–H and O–H groups in total. The van der Waals surface area contributed by atoms with Crippen molar-refractivity contribution < 1.29 is 18.9 Å². The fraction of sp³-hybridized carbons (Fsp3) is 0.682. The summed E-state index contributed by atoms with van der Waals surface area (Å²) in [7, 11) is 1.80. The fourth-order valence-electron chi connectivity index (χ4n) is 3.69. The van der Waals surface area contributed by atoms with Crippen LogP contribution in [0.25, 0.3) is 0 Å². The van der Waals surface area contributed by atoms with Gasteiger partial charge in [0.25, 0.3) is 0 Å². The van der Waals surface area contributed by atoms with Gasteiger partial charge in [-0.1, -0.05) is 19.9 Å². The zero-order chi connectivity index (χ0) is 20.5. The maximum Gasteiger partial charge on any atom is 0.231 e. The van der Waals surface area contributed by atoms with Crippen LogP contribution in [-0.2, 0) is 14.9 Å². The number of fused-ring (bicyclic) bond motifs is 1. The van der Waals surface area contributed by atoms with Crippen molar-refractivity contribution in [2.45, 2.75) is 38.5 Å². The summed E-state index contributed by atoms with van der Waals surface area (Å²) in [4.78, 5) is 4.36. The summed E-state index contributed by atoms with van der Waals surface area (Å²) < 4.78 is 22.4. The molecule has 1 fully saturated rings. The van der Waals surface area contributed by atoms with Gasteiger partial charge in [-0.3, -0.25) is 4.99 Å². The molecule has 30 heavy (non-hydrogen) atoms. The van der Waals surface area contributed by atoms with E-state index in [1.807, 2.05) is 6.07 Å². The van der Waals surface area contributed by atoms with E-state index in [0.29, 0.717) is 19.3 Å². The number of hydrogen-bond acceptors (Lipinski definition) is 5. The molecular formula is C22H36IN3O4. The van der Waals surface area contributed by atoms with Crippen LogP contribution in [0.3, 0.4) is 0 Å². The monoisotopic (exact) mass is 533 g/mol. The number of rotatable bonds is 9. The van der Waals surface area contributed by atoms with Gasteiger partial charge in [-0.2, -0.15) is 0 Å². The van der Waals surface area contributed by atoms with Crippen LogP contribution in [0.4, 0.5) is 0 Å². The SMILES string of the molecule is CN=C(NCCOCCC(C)C)NCC1(c2ccc3c(c2)OCO3)CCOCC1.I. The topological polar surface area (TPSA) is 73.3 Å².